The van der Waals surface area contributed by atoms with E-state index in [0.29, 0.717) is 6.54 Å². The molecule has 2 aromatic rings. The minimum absolute atomic E-state index is 0.218. The molecule has 2 aromatic heterocycles. The lowest BCUT2D eigenvalue weighted by Crippen LogP contribution is -2.24. The third-order valence-electron chi connectivity index (χ3n) is 2.74. The Balaban J connectivity index is 2.31. The van der Waals surface area contributed by atoms with Gasteiger partial charge in [0, 0.05) is 18.9 Å². The molecule has 0 saturated heterocycles. The first kappa shape index (κ1) is 11.6. The fraction of sp³-hybridized carbons (Fsp3) is 0.417. The third kappa shape index (κ3) is 2.43. The maximum absolute atomic E-state index is 11.7. The van der Waals surface area contributed by atoms with Crippen LogP contribution in [0.3, 0.4) is 0 Å². The minimum atomic E-state index is -0.218. The molecule has 0 aliphatic rings. The highest BCUT2D eigenvalue weighted by Crippen LogP contribution is 2.05. The quantitative estimate of drug-likeness (QED) is 0.790. The van der Waals surface area contributed by atoms with Gasteiger partial charge in [-0.25, -0.2) is 4.79 Å². The van der Waals surface area contributed by atoms with E-state index in [1.165, 1.54) is 0 Å². The molecule has 17 heavy (non-hydrogen) atoms. The lowest BCUT2D eigenvalue weighted by Gasteiger charge is -2.04. The predicted molar refractivity (Wildman–Crippen MR) is 64.9 cm³/mol. The van der Waals surface area contributed by atoms with E-state index in [0.717, 1.165) is 23.5 Å². The summed E-state index contributed by atoms with van der Waals surface area (Å²) < 4.78 is 3.40. The van der Waals surface area contributed by atoms with Crippen LogP contribution in [0.1, 0.15) is 24.0 Å². The van der Waals surface area contributed by atoms with Crippen molar-refractivity contribution < 1.29 is 0 Å². The zero-order chi connectivity index (χ0) is 12.4. The SMILES string of the molecule is CCc1cc(Cn2ccc(C)nc2=O)n(C)n1. The molecule has 0 bridgehead atoms. The smallest absolute Gasteiger partial charge is 0.293 e. The van der Waals surface area contributed by atoms with Crippen molar-refractivity contribution in [3.8, 4) is 0 Å². The summed E-state index contributed by atoms with van der Waals surface area (Å²) in [4.78, 5) is 15.6. The molecule has 2 rings (SSSR count). The fourth-order valence-electron chi connectivity index (χ4n) is 1.70. The van der Waals surface area contributed by atoms with Crippen molar-refractivity contribution in [3.63, 3.8) is 0 Å². The van der Waals surface area contributed by atoms with E-state index >= 15 is 0 Å². The summed E-state index contributed by atoms with van der Waals surface area (Å²) in [5.41, 5.74) is 2.57. The summed E-state index contributed by atoms with van der Waals surface area (Å²) in [7, 11) is 1.89. The average molecular weight is 232 g/mol. The van der Waals surface area contributed by atoms with Crippen LogP contribution in [0.4, 0.5) is 0 Å². The molecule has 0 aliphatic carbocycles. The standard InChI is InChI=1S/C12H16N4O/c1-4-10-7-11(15(3)14-10)8-16-6-5-9(2)13-12(16)17/h5-7H,4,8H2,1-3H3. The summed E-state index contributed by atoms with van der Waals surface area (Å²) in [5, 5.41) is 4.35. The molecule has 2 heterocycles. The monoisotopic (exact) mass is 232 g/mol. The highest BCUT2D eigenvalue weighted by atomic mass is 16.1. The molecule has 0 spiro atoms. The first-order valence-electron chi connectivity index (χ1n) is 5.66. The van der Waals surface area contributed by atoms with E-state index in [4.69, 9.17) is 0 Å². The average Bonchev–Trinajstić information content (AvgIpc) is 2.64. The Labute approximate surface area is 99.7 Å². The second-order valence-electron chi connectivity index (χ2n) is 4.08. The van der Waals surface area contributed by atoms with Gasteiger partial charge in [0.25, 0.3) is 0 Å². The largest absolute Gasteiger partial charge is 0.348 e. The van der Waals surface area contributed by atoms with Crippen LogP contribution in [0.5, 0.6) is 0 Å². The maximum atomic E-state index is 11.7. The molecular formula is C12H16N4O. The van der Waals surface area contributed by atoms with E-state index in [2.05, 4.69) is 17.0 Å². The summed E-state index contributed by atoms with van der Waals surface area (Å²) in [6, 6.07) is 3.85. The van der Waals surface area contributed by atoms with Gasteiger partial charge in [-0.3, -0.25) is 9.25 Å². The molecule has 5 nitrogen and oxygen atoms in total. The van der Waals surface area contributed by atoms with Gasteiger partial charge >= 0.3 is 5.69 Å². The highest BCUT2D eigenvalue weighted by molar-refractivity contribution is 5.11. The van der Waals surface area contributed by atoms with Crippen molar-refractivity contribution in [2.45, 2.75) is 26.8 Å². The van der Waals surface area contributed by atoms with Crippen LogP contribution in [-0.4, -0.2) is 19.3 Å². The Hall–Kier alpha value is -1.91. The summed E-state index contributed by atoms with van der Waals surface area (Å²) in [6.45, 7) is 4.38. The normalized spacial score (nSPS) is 10.8. The van der Waals surface area contributed by atoms with Gasteiger partial charge in [0.2, 0.25) is 0 Å². The van der Waals surface area contributed by atoms with Crippen LogP contribution >= 0.6 is 0 Å². The van der Waals surface area contributed by atoms with Crippen molar-refractivity contribution in [2.24, 2.45) is 7.05 Å². The minimum Gasteiger partial charge on any atom is -0.293 e. The van der Waals surface area contributed by atoms with Gasteiger partial charge in [0.1, 0.15) is 0 Å². The number of aromatic nitrogens is 4. The number of nitrogens with zero attached hydrogens (tertiary/aromatic N) is 4. The fourth-order valence-corrected chi connectivity index (χ4v) is 1.70. The first-order valence-corrected chi connectivity index (χ1v) is 5.66. The molecular weight excluding hydrogens is 216 g/mol. The molecule has 90 valence electrons. The lowest BCUT2D eigenvalue weighted by atomic mass is 10.3. The Kier molecular flexibility index (Phi) is 3.08. The van der Waals surface area contributed by atoms with Crippen molar-refractivity contribution in [3.05, 3.63) is 45.9 Å². The molecule has 0 aromatic carbocycles. The highest BCUT2D eigenvalue weighted by Gasteiger charge is 2.05. The summed E-state index contributed by atoms with van der Waals surface area (Å²) in [5.74, 6) is 0. The third-order valence-corrected chi connectivity index (χ3v) is 2.74. The first-order chi connectivity index (χ1) is 8.10. The second kappa shape index (κ2) is 4.53. The zero-order valence-electron chi connectivity index (χ0n) is 10.3. The maximum Gasteiger partial charge on any atom is 0.348 e. The molecule has 0 radical (unpaired) electrons. The molecule has 0 fully saturated rings. The zero-order valence-corrected chi connectivity index (χ0v) is 10.3. The van der Waals surface area contributed by atoms with Crippen LogP contribution in [0.25, 0.3) is 0 Å². The van der Waals surface area contributed by atoms with Crippen molar-refractivity contribution >= 4 is 0 Å². The van der Waals surface area contributed by atoms with Gasteiger partial charge in [-0.15, -0.1) is 0 Å². The van der Waals surface area contributed by atoms with Crippen molar-refractivity contribution in [1.29, 1.82) is 0 Å². The Bertz CT molecular complexity index is 582. The van der Waals surface area contributed by atoms with E-state index in [1.54, 1.807) is 10.8 Å². The number of hydrogen-bond acceptors (Lipinski definition) is 3. The van der Waals surface area contributed by atoms with Crippen LogP contribution in [0, 0.1) is 6.92 Å². The number of aryl methyl sites for hydroxylation is 3. The van der Waals surface area contributed by atoms with Crippen LogP contribution in [0.15, 0.2) is 23.1 Å². The topological polar surface area (TPSA) is 52.7 Å². The Morgan fingerprint density at radius 1 is 1.41 bits per heavy atom. The Morgan fingerprint density at radius 3 is 2.76 bits per heavy atom. The van der Waals surface area contributed by atoms with Crippen molar-refractivity contribution in [1.82, 2.24) is 19.3 Å². The molecule has 5 heteroatoms. The molecule has 0 aliphatic heterocycles. The summed E-state index contributed by atoms with van der Waals surface area (Å²) >= 11 is 0. The van der Waals surface area contributed by atoms with Gasteiger partial charge in [-0.2, -0.15) is 10.1 Å². The Morgan fingerprint density at radius 2 is 2.18 bits per heavy atom. The van der Waals surface area contributed by atoms with E-state index in [-0.39, 0.29) is 5.69 Å². The molecule has 0 amide bonds. The van der Waals surface area contributed by atoms with Crippen molar-refractivity contribution in [2.75, 3.05) is 0 Å². The predicted octanol–water partition coefficient (Wildman–Crippen LogP) is 0.896. The lowest BCUT2D eigenvalue weighted by molar-refractivity contribution is 0.637. The van der Waals surface area contributed by atoms with Crippen LogP contribution < -0.4 is 5.69 Å². The number of rotatable bonds is 3. The van der Waals surface area contributed by atoms with E-state index in [1.807, 2.05) is 30.8 Å². The second-order valence-corrected chi connectivity index (χ2v) is 4.08. The van der Waals surface area contributed by atoms with E-state index < -0.39 is 0 Å². The molecule has 0 unspecified atom stereocenters. The molecule has 0 saturated carbocycles. The van der Waals surface area contributed by atoms with Gasteiger partial charge in [-0.1, -0.05) is 6.92 Å². The van der Waals surface area contributed by atoms with Gasteiger partial charge < -0.3 is 0 Å². The van der Waals surface area contributed by atoms with Gasteiger partial charge in [-0.05, 0) is 25.5 Å². The van der Waals surface area contributed by atoms with Gasteiger partial charge in [0.05, 0.1) is 17.9 Å². The molecule has 0 atom stereocenters. The van der Waals surface area contributed by atoms with Crippen LogP contribution in [0.2, 0.25) is 0 Å². The van der Waals surface area contributed by atoms with Gasteiger partial charge in [0.15, 0.2) is 0 Å². The molecule has 0 N–H and O–H groups in total. The number of hydrogen-bond donors (Lipinski definition) is 0. The van der Waals surface area contributed by atoms with E-state index in [9.17, 15) is 4.79 Å². The summed E-state index contributed by atoms with van der Waals surface area (Å²) in [6.07, 6.45) is 2.66. The van der Waals surface area contributed by atoms with Crippen LogP contribution in [-0.2, 0) is 20.0 Å².